The fourth-order valence-electron chi connectivity index (χ4n) is 2.74. The van der Waals surface area contributed by atoms with Gasteiger partial charge in [0.2, 0.25) is 0 Å². The predicted molar refractivity (Wildman–Crippen MR) is 79.5 cm³/mol. The molecule has 1 aliphatic heterocycles. The van der Waals surface area contributed by atoms with Crippen molar-refractivity contribution in [3.63, 3.8) is 0 Å². The van der Waals surface area contributed by atoms with Gasteiger partial charge in [-0.3, -0.25) is 0 Å². The van der Waals surface area contributed by atoms with Crippen molar-refractivity contribution >= 4 is 0 Å². The van der Waals surface area contributed by atoms with Gasteiger partial charge in [-0.2, -0.15) is 0 Å². The van der Waals surface area contributed by atoms with Crippen LogP contribution in [0.15, 0.2) is 24.3 Å². The first-order valence-corrected chi connectivity index (χ1v) is 7.37. The Bertz CT molecular complexity index is 386. The van der Waals surface area contributed by atoms with Crippen LogP contribution in [0.2, 0.25) is 0 Å². The number of likely N-dealkylation sites (tertiary alicyclic amines) is 1. The second-order valence-corrected chi connectivity index (χ2v) is 5.51. The topological polar surface area (TPSA) is 38.5 Å². The first-order valence-electron chi connectivity index (χ1n) is 7.37. The Hall–Kier alpha value is -1.06. The summed E-state index contributed by atoms with van der Waals surface area (Å²) < 4.78 is 5.87. The molecule has 2 N–H and O–H groups in total. The summed E-state index contributed by atoms with van der Waals surface area (Å²) in [7, 11) is 0. The molecule has 0 aliphatic carbocycles. The summed E-state index contributed by atoms with van der Waals surface area (Å²) in [6.45, 7) is 8.43. The Kier molecular flexibility index (Phi) is 5.23. The molecule has 0 radical (unpaired) electrons. The first-order chi connectivity index (χ1) is 9.20. The van der Waals surface area contributed by atoms with Gasteiger partial charge in [-0.1, -0.05) is 25.1 Å². The molecule has 1 saturated heterocycles. The molecule has 19 heavy (non-hydrogen) atoms. The number of rotatable bonds is 5. The van der Waals surface area contributed by atoms with E-state index in [2.05, 4.69) is 24.8 Å². The summed E-state index contributed by atoms with van der Waals surface area (Å²) in [6.07, 6.45) is 2.40. The quantitative estimate of drug-likeness (QED) is 0.885. The number of nitrogens with two attached hydrogens (primary N) is 1. The van der Waals surface area contributed by atoms with Crippen LogP contribution in [0, 0.1) is 12.8 Å². The Morgan fingerprint density at radius 2 is 2.00 bits per heavy atom. The number of ether oxygens (including phenoxy) is 1. The summed E-state index contributed by atoms with van der Waals surface area (Å²) >= 11 is 0. The number of piperidine rings is 1. The predicted octanol–water partition coefficient (Wildman–Crippen LogP) is 2.43. The maximum absolute atomic E-state index is 6.29. The van der Waals surface area contributed by atoms with Gasteiger partial charge >= 0.3 is 0 Å². The minimum Gasteiger partial charge on any atom is -0.492 e. The highest BCUT2D eigenvalue weighted by Gasteiger charge is 2.23. The Morgan fingerprint density at radius 1 is 1.32 bits per heavy atom. The van der Waals surface area contributed by atoms with Gasteiger partial charge in [-0.25, -0.2) is 0 Å². The Morgan fingerprint density at radius 3 is 2.63 bits per heavy atom. The molecule has 1 aromatic carbocycles. The van der Waals surface area contributed by atoms with Crippen molar-refractivity contribution in [3.05, 3.63) is 29.8 Å². The molecule has 0 bridgehead atoms. The molecule has 0 amide bonds. The van der Waals surface area contributed by atoms with Gasteiger partial charge in [0.15, 0.2) is 0 Å². The lowest BCUT2D eigenvalue weighted by atomic mass is 9.90. The van der Waals surface area contributed by atoms with Gasteiger partial charge in [0.05, 0.1) is 0 Å². The zero-order valence-corrected chi connectivity index (χ0v) is 12.1. The standard InChI is InChI=1S/C16H26N2O/c1-3-18-10-8-14(9-11-18)15(17)12-19-16-7-5-4-6-13(16)2/h4-7,14-15H,3,8-12,17H2,1-2H3. The zero-order valence-electron chi connectivity index (χ0n) is 12.1. The van der Waals surface area contributed by atoms with Gasteiger partial charge in [-0.15, -0.1) is 0 Å². The lowest BCUT2D eigenvalue weighted by Crippen LogP contribution is -2.43. The van der Waals surface area contributed by atoms with Crippen LogP contribution in [0.5, 0.6) is 5.75 Å². The fraction of sp³-hybridized carbons (Fsp3) is 0.625. The molecule has 0 saturated carbocycles. The summed E-state index contributed by atoms with van der Waals surface area (Å²) in [6, 6.07) is 8.28. The van der Waals surface area contributed by atoms with E-state index in [0.717, 1.165) is 12.3 Å². The molecule has 1 aromatic rings. The van der Waals surface area contributed by atoms with Crippen molar-refractivity contribution < 1.29 is 4.74 Å². The Balaban J connectivity index is 1.79. The van der Waals surface area contributed by atoms with Gasteiger partial charge in [0, 0.05) is 6.04 Å². The number of aryl methyl sites for hydroxylation is 1. The highest BCUT2D eigenvalue weighted by molar-refractivity contribution is 5.31. The molecule has 3 nitrogen and oxygen atoms in total. The van der Waals surface area contributed by atoms with E-state index in [-0.39, 0.29) is 6.04 Å². The normalized spacial score (nSPS) is 19.3. The largest absolute Gasteiger partial charge is 0.492 e. The van der Waals surface area contributed by atoms with E-state index in [1.54, 1.807) is 0 Å². The minimum atomic E-state index is 0.151. The number of hydrogen-bond acceptors (Lipinski definition) is 3. The van der Waals surface area contributed by atoms with E-state index in [0.29, 0.717) is 12.5 Å². The number of benzene rings is 1. The van der Waals surface area contributed by atoms with Crippen LogP contribution in [0.1, 0.15) is 25.3 Å². The van der Waals surface area contributed by atoms with Crippen molar-refractivity contribution in [2.45, 2.75) is 32.7 Å². The highest BCUT2D eigenvalue weighted by Crippen LogP contribution is 2.21. The molecule has 0 aromatic heterocycles. The third-order valence-electron chi connectivity index (χ3n) is 4.21. The monoisotopic (exact) mass is 262 g/mol. The number of para-hydroxylation sites is 1. The molecule has 106 valence electrons. The van der Waals surface area contributed by atoms with Crippen LogP contribution in [0.3, 0.4) is 0 Å². The van der Waals surface area contributed by atoms with Crippen LogP contribution in [-0.2, 0) is 0 Å². The molecule has 2 rings (SSSR count). The van der Waals surface area contributed by atoms with Gasteiger partial charge in [0.25, 0.3) is 0 Å². The summed E-state index contributed by atoms with van der Waals surface area (Å²) in [5.41, 5.74) is 7.47. The maximum Gasteiger partial charge on any atom is 0.122 e. The molecule has 1 atom stereocenters. The van der Waals surface area contributed by atoms with Crippen molar-refractivity contribution in [3.8, 4) is 5.75 Å². The zero-order chi connectivity index (χ0) is 13.7. The molecular weight excluding hydrogens is 236 g/mol. The van der Waals surface area contributed by atoms with Crippen LogP contribution >= 0.6 is 0 Å². The first kappa shape index (κ1) is 14.4. The van der Waals surface area contributed by atoms with Crippen LogP contribution < -0.4 is 10.5 Å². The SMILES string of the molecule is CCN1CCC(C(N)COc2ccccc2C)CC1. The number of nitrogens with zero attached hydrogens (tertiary/aromatic N) is 1. The van der Waals surface area contributed by atoms with E-state index in [1.807, 2.05) is 18.2 Å². The van der Waals surface area contributed by atoms with Gasteiger partial charge in [0.1, 0.15) is 12.4 Å². The van der Waals surface area contributed by atoms with E-state index in [9.17, 15) is 0 Å². The Labute approximate surface area is 116 Å². The van der Waals surface area contributed by atoms with Gasteiger partial charge < -0.3 is 15.4 Å². The van der Waals surface area contributed by atoms with Crippen molar-refractivity contribution in [1.29, 1.82) is 0 Å². The average molecular weight is 262 g/mol. The van der Waals surface area contributed by atoms with E-state index >= 15 is 0 Å². The number of hydrogen-bond donors (Lipinski definition) is 1. The second kappa shape index (κ2) is 6.92. The summed E-state index contributed by atoms with van der Waals surface area (Å²) in [5.74, 6) is 1.57. The van der Waals surface area contributed by atoms with Crippen LogP contribution in [-0.4, -0.2) is 37.2 Å². The minimum absolute atomic E-state index is 0.151. The molecule has 0 spiro atoms. The molecule has 1 heterocycles. The summed E-state index contributed by atoms with van der Waals surface area (Å²) in [4.78, 5) is 2.49. The van der Waals surface area contributed by atoms with Crippen LogP contribution in [0.25, 0.3) is 0 Å². The molecular formula is C16H26N2O. The third-order valence-corrected chi connectivity index (χ3v) is 4.21. The van der Waals surface area contributed by atoms with E-state index in [4.69, 9.17) is 10.5 Å². The highest BCUT2D eigenvalue weighted by atomic mass is 16.5. The molecule has 1 unspecified atom stereocenters. The smallest absolute Gasteiger partial charge is 0.122 e. The van der Waals surface area contributed by atoms with E-state index < -0.39 is 0 Å². The summed E-state index contributed by atoms with van der Waals surface area (Å²) in [5, 5.41) is 0. The lowest BCUT2D eigenvalue weighted by molar-refractivity contribution is 0.151. The molecule has 3 heteroatoms. The maximum atomic E-state index is 6.29. The van der Waals surface area contributed by atoms with Crippen molar-refractivity contribution in [1.82, 2.24) is 4.90 Å². The average Bonchev–Trinajstić information content (AvgIpc) is 2.46. The van der Waals surface area contributed by atoms with Crippen molar-refractivity contribution in [2.75, 3.05) is 26.2 Å². The van der Waals surface area contributed by atoms with E-state index in [1.165, 1.54) is 31.5 Å². The third kappa shape index (κ3) is 3.95. The van der Waals surface area contributed by atoms with Crippen molar-refractivity contribution in [2.24, 2.45) is 11.7 Å². The molecule has 1 aliphatic rings. The van der Waals surface area contributed by atoms with Gasteiger partial charge in [-0.05, 0) is 56.9 Å². The molecule has 1 fully saturated rings. The lowest BCUT2D eigenvalue weighted by Gasteiger charge is -2.34. The second-order valence-electron chi connectivity index (χ2n) is 5.51. The van der Waals surface area contributed by atoms with Crippen LogP contribution in [0.4, 0.5) is 0 Å². The fourth-order valence-corrected chi connectivity index (χ4v) is 2.74.